The SMILES string of the molecule is C=COC(C)(C)CCCCC. The fourth-order valence-electron chi connectivity index (χ4n) is 1.09. The van der Waals surface area contributed by atoms with Crippen LogP contribution in [0.4, 0.5) is 0 Å². The van der Waals surface area contributed by atoms with Crippen molar-refractivity contribution < 1.29 is 4.74 Å². The fourth-order valence-corrected chi connectivity index (χ4v) is 1.09. The van der Waals surface area contributed by atoms with E-state index >= 15 is 0 Å². The molecule has 0 radical (unpaired) electrons. The van der Waals surface area contributed by atoms with Crippen LogP contribution in [0.2, 0.25) is 0 Å². The predicted octanol–water partition coefficient (Wildman–Crippen LogP) is 3.51. The molecule has 0 amide bonds. The van der Waals surface area contributed by atoms with Gasteiger partial charge < -0.3 is 4.74 Å². The van der Waals surface area contributed by atoms with E-state index in [9.17, 15) is 0 Å². The van der Waals surface area contributed by atoms with E-state index in [4.69, 9.17) is 4.74 Å². The molecule has 0 aliphatic rings. The molecule has 0 aromatic rings. The minimum absolute atomic E-state index is 0.0169. The summed E-state index contributed by atoms with van der Waals surface area (Å²) < 4.78 is 5.34. The molecule has 0 rings (SSSR count). The Morgan fingerprint density at radius 2 is 2.00 bits per heavy atom. The zero-order chi connectivity index (χ0) is 8.74. The van der Waals surface area contributed by atoms with Crippen molar-refractivity contribution in [3.05, 3.63) is 12.8 Å². The monoisotopic (exact) mass is 156 g/mol. The number of hydrogen-bond acceptors (Lipinski definition) is 1. The molecule has 1 heteroatoms. The molecular formula is C10H20O. The molecule has 66 valence electrons. The molecular weight excluding hydrogens is 136 g/mol. The lowest BCUT2D eigenvalue weighted by atomic mass is 10.0. The van der Waals surface area contributed by atoms with Gasteiger partial charge in [-0.3, -0.25) is 0 Å². The first-order valence-corrected chi connectivity index (χ1v) is 4.41. The van der Waals surface area contributed by atoms with Gasteiger partial charge in [-0.2, -0.15) is 0 Å². The number of unbranched alkanes of at least 4 members (excludes halogenated alkanes) is 2. The Labute approximate surface area is 70.4 Å². The average Bonchev–Trinajstić information content (AvgIpc) is 1.87. The molecule has 0 saturated heterocycles. The summed E-state index contributed by atoms with van der Waals surface area (Å²) in [5, 5.41) is 0. The smallest absolute Gasteiger partial charge is 0.103 e. The van der Waals surface area contributed by atoms with Gasteiger partial charge in [0.2, 0.25) is 0 Å². The highest BCUT2D eigenvalue weighted by atomic mass is 16.5. The largest absolute Gasteiger partial charge is 0.496 e. The van der Waals surface area contributed by atoms with Gasteiger partial charge in [-0.05, 0) is 26.7 Å². The maximum atomic E-state index is 5.34. The molecule has 0 heterocycles. The Hall–Kier alpha value is -0.460. The van der Waals surface area contributed by atoms with Crippen LogP contribution < -0.4 is 0 Å². The van der Waals surface area contributed by atoms with E-state index in [1.54, 1.807) is 0 Å². The zero-order valence-corrected chi connectivity index (χ0v) is 8.02. The highest BCUT2D eigenvalue weighted by molar-refractivity contribution is 4.71. The minimum Gasteiger partial charge on any atom is -0.496 e. The molecule has 0 fully saturated rings. The lowest BCUT2D eigenvalue weighted by Gasteiger charge is -2.23. The molecule has 0 unspecified atom stereocenters. The summed E-state index contributed by atoms with van der Waals surface area (Å²) in [5.41, 5.74) is -0.0169. The van der Waals surface area contributed by atoms with Crippen LogP contribution in [0, 0.1) is 0 Å². The molecule has 0 N–H and O–H groups in total. The van der Waals surface area contributed by atoms with Gasteiger partial charge in [-0.25, -0.2) is 0 Å². The number of hydrogen-bond donors (Lipinski definition) is 0. The molecule has 0 bridgehead atoms. The minimum atomic E-state index is -0.0169. The van der Waals surface area contributed by atoms with E-state index in [1.165, 1.54) is 25.5 Å². The molecule has 0 saturated carbocycles. The van der Waals surface area contributed by atoms with Crippen LogP contribution >= 0.6 is 0 Å². The first kappa shape index (κ1) is 10.5. The van der Waals surface area contributed by atoms with Crippen molar-refractivity contribution in [1.29, 1.82) is 0 Å². The summed E-state index contributed by atoms with van der Waals surface area (Å²) in [6, 6.07) is 0. The maximum absolute atomic E-state index is 5.34. The first-order valence-electron chi connectivity index (χ1n) is 4.41. The van der Waals surface area contributed by atoms with Crippen LogP contribution in [0.1, 0.15) is 46.5 Å². The Bertz CT molecular complexity index is 105. The fraction of sp³-hybridized carbons (Fsp3) is 0.800. The molecule has 0 atom stereocenters. The van der Waals surface area contributed by atoms with E-state index in [0.717, 1.165) is 6.42 Å². The highest BCUT2D eigenvalue weighted by Crippen LogP contribution is 2.18. The summed E-state index contributed by atoms with van der Waals surface area (Å²) in [6.07, 6.45) is 6.46. The van der Waals surface area contributed by atoms with Crippen LogP contribution in [0.15, 0.2) is 12.8 Å². The Morgan fingerprint density at radius 3 is 2.45 bits per heavy atom. The summed E-state index contributed by atoms with van der Waals surface area (Å²) in [4.78, 5) is 0. The van der Waals surface area contributed by atoms with E-state index in [-0.39, 0.29) is 5.60 Å². The van der Waals surface area contributed by atoms with Crippen molar-refractivity contribution in [2.75, 3.05) is 0 Å². The predicted molar refractivity (Wildman–Crippen MR) is 49.5 cm³/mol. The lowest BCUT2D eigenvalue weighted by Crippen LogP contribution is -2.21. The Kier molecular flexibility index (Phi) is 5.01. The second-order valence-electron chi connectivity index (χ2n) is 3.50. The normalized spacial score (nSPS) is 11.2. The Morgan fingerprint density at radius 1 is 1.36 bits per heavy atom. The van der Waals surface area contributed by atoms with Gasteiger partial charge in [-0.15, -0.1) is 0 Å². The van der Waals surface area contributed by atoms with Gasteiger partial charge >= 0.3 is 0 Å². The highest BCUT2D eigenvalue weighted by Gasteiger charge is 2.15. The quantitative estimate of drug-likeness (QED) is 0.422. The van der Waals surface area contributed by atoms with Crippen LogP contribution in [-0.2, 0) is 4.74 Å². The van der Waals surface area contributed by atoms with E-state index in [2.05, 4.69) is 27.4 Å². The number of ether oxygens (including phenoxy) is 1. The third-order valence-electron chi connectivity index (χ3n) is 1.78. The maximum Gasteiger partial charge on any atom is 0.103 e. The van der Waals surface area contributed by atoms with Gasteiger partial charge in [0.15, 0.2) is 0 Å². The summed E-state index contributed by atoms with van der Waals surface area (Å²) in [6.45, 7) is 9.96. The van der Waals surface area contributed by atoms with Crippen LogP contribution in [0.5, 0.6) is 0 Å². The Balaban J connectivity index is 3.45. The van der Waals surface area contributed by atoms with Crippen molar-refractivity contribution in [2.24, 2.45) is 0 Å². The topological polar surface area (TPSA) is 9.23 Å². The van der Waals surface area contributed by atoms with Crippen molar-refractivity contribution in [1.82, 2.24) is 0 Å². The van der Waals surface area contributed by atoms with Gasteiger partial charge in [0, 0.05) is 0 Å². The van der Waals surface area contributed by atoms with Crippen LogP contribution in [0.25, 0.3) is 0 Å². The van der Waals surface area contributed by atoms with Gasteiger partial charge in [0.25, 0.3) is 0 Å². The van der Waals surface area contributed by atoms with Crippen molar-refractivity contribution in [2.45, 2.75) is 52.1 Å². The summed E-state index contributed by atoms with van der Waals surface area (Å²) in [7, 11) is 0. The molecule has 0 spiro atoms. The van der Waals surface area contributed by atoms with E-state index in [0.29, 0.717) is 0 Å². The lowest BCUT2D eigenvalue weighted by molar-refractivity contribution is 0.0477. The van der Waals surface area contributed by atoms with Gasteiger partial charge in [0.05, 0.1) is 6.26 Å². The van der Waals surface area contributed by atoms with Crippen LogP contribution in [-0.4, -0.2) is 5.60 Å². The third-order valence-corrected chi connectivity index (χ3v) is 1.78. The molecule has 0 aromatic heterocycles. The summed E-state index contributed by atoms with van der Waals surface area (Å²) in [5.74, 6) is 0. The average molecular weight is 156 g/mol. The van der Waals surface area contributed by atoms with Crippen molar-refractivity contribution in [3.63, 3.8) is 0 Å². The zero-order valence-electron chi connectivity index (χ0n) is 8.02. The van der Waals surface area contributed by atoms with Crippen molar-refractivity contribution in [3.8, 4) is 0 Å². The molecule has 0 aliphatic heterocycles. The first-order chi connectivity index (χ1) is 5.12. The number of rotatable bonds is 6. The third kappa shape index (κ3) is 5.96. The van der Waals surface area contributed by atoms with Crippen molar-refractivity contribution >= 4 is 0 Å². The van der Waals surface area contributed by atoms with E-state index in [1.807, 2.05) is 0 Å². The molecule has 0 aromatic carbocycles. The van der Waals surface area contributed by atoms with Gasteiger partial charge in [0.1, 0.15) is 5.60 Å². The second-order valence-corrected chi connectivity index (χ2v) is 3.50. The van der Waals surface area contributed by atoms with Gasteiger partial charge in [-0.1, -0.05) is 26.3 Å². The summed E-state index contributed by atoms with van der Waals surface area (Å²) >= 11 is 0. The molecule has 11 heavy (non-hydrogen) atoms. The van der Waals surface area contributed by atoms with E-state index < -0.39 is 0 Å². The second kappa shape index (κ2) is 5.22. The molecule has 1 nitrogen and oxygen atoms in total. The van der Waals surface area contributed by atoms with Crippen LogP contribution in [0.3, 0.4) is 0 Å². The standard InChI is InChI=1S/C10H20O/c1-5-7-8-9-10(3,4)11-6-2/h6H,2,5,7-9H2,1,3-4H3. The molecule has 0 aliphatic carbocycles.